The minimum Gasteiger partial charge on any atom is -0.374 e. The van der Waals surface area contributed by atoms with E-state index in [9.17, 15) is 4.39 Å². The topological polar surface area (TPSA) is 48.1 Å². The number of nitrogens with zero attached hydrogens (tertiary/aromatic N) is 1. The largest absolute Gasteiger partial charge is 0.374 e. The lowest BCUT2D eigenvalue weighted by molar-refractivity contribution is -0.0941. The zero-order valence-corrected chi connectivity index (χ0v) is 13.3. The van der Waals surface area contributed by atoms with Gasteiger partial charge in [-0.1, -0.05) is 6.92 Å². The molecule has 3 nitrogen and oxygen atoms in total. The smallest absolute Gasteiger partial charge is 0.141 e. The maximum atomic E-state index is 13.1. The van der Waals surface area contributed by atoms with Crippen LogP contribution in [0.5, 0.6) is 0 Å². The molecule has 0 aromatic carbocycles. The van der Waals surface area contributed by atoms with E-state index >= 15 is 0 Å². The molecule has 2 aliphatic rings. The molecule has 0 radical (unpaired) electrons. The number of hydrogen-bond donors (Lipinski definition) is 1. The molecule has 21 heavy (non-hydrogen) atoms. The molecule has 3 unspecified atom stereocenters. The predicted molar refractivity (Wildman–Crippen MR) is 83.7 cm³/mol. The van der Waals surface area contributed by atoms with Gasteiger partial charge in [-0.15, -0.1) is 0 Å². The molecule has 3 heterocycles. The quantitative estimate of drug-likeness (QED) is 0.932. The Hall–Kier alpha value is -0.650. The molecular weight excluding hydrogens is 287 g/mol. The third kappa shape index (κ3) is 2.83. The van der Waals surface area contributed by atoms with Crippen molar-refractivity contribution in [2.75, 3.05) is 18.1 Å². The van der Waals surface area contributed by atoms with E-state index in [4.69, 9.17) is 10.5 Å². The third-order valence-electron chi connectivity index (χ3n) is 5.08. The van der Waals surface area contributed by atoms with Crippen molar-refractivity contribution in [3.63, 3.8) is 0 Å². The summed E-state index contributed by atoms with van der Waals surface area (Å²) in [5.41, 5.74) is 7.07. The Morgan fingerprint density at radius 3 is 3.05 bits per heavy atom. The Morgan fingerprint density at radius 2 is 2.43 bits per heavy atom. The lowest BCUT2D eigenvalue weighted by Crippen LogP contribution is -2.51. The molecule has 0 saturated carbocycles. The number of pyridine rings is 1. The fourth-order valence-corrected chi connectivity index (χ4v) is 5.04. The van der Waals surface area contributed by atoms with Gasteiger partial charge < -0.3 is 10.5 Å². The van der Waals surface area contributed by atoms with Gasteiger partial charge in [0.05, 0.1) is 23.0 Å². The van der Waals surface area contributed by atoms with Crippen LogP contribution in [0.2, 0.25) is 0 Å². The molecule has 2 fully saturated rings. The first kappa shape index (κ1) is 15.3. The van der Waals surface area contributed by atoms with Crippen molar-refractivity contribution >= 4 is 11.8 Å². The fraction of sp³-hybridized carbons (Fsp3) is 0.688. The third-order valence-corrected chi connectivity index (χ3v) is 6.30. The molecule has 1 aromatic rings. The molecule has 1 spiro atoms. The zero-order valence-electron chi connectivity index (χ0n) is 12.5. The van der Waals surface area contributed by atoms with Crippen molar-refractivity contribution in [2.45, 2.75) is 43.7 Å². The Labute approximate surface area is 129 Å². The van der Waals surface area contributed by atoms with E-state index in [1.54, 1.807) is 6.07 Å². The summed E-state index contributed by atoms with van der Waals surface area (Å²) in [4.78, 5) is 4.27. The van der Waals surface area contributed by atoms with E-state index in [2.05, 4.69) is 11.9 Å². The molecule has 0 amide bonds. The van der Waals surface area contributed by atoms with Gasteiger partial charge in [-0.3, -0.25) is 4.98 Å². The van der Waals surface area contributed by atoms with Gasteiger partial charge >= 0.3 is 0 Å². The predicted octanol–water partition coefficient (Wildman–Crippen LogP) is 3.09. The SMILES string of the molecule is CCC(N)(c1ccc(F)cn1)C1CCOC2(CCSC2)C1. The first-order chi connectivity index (χ1) is 10.1. The highest BCUT2D eigenvalue weighted by Gasteiger charge is 2.47. The van der Waals surface area contributed by atoms with Gasteiger partial charge in [-0.2, -0.15) is 11.8 Å². The number of thioether (sulfide) groups is 1. The van der Waals surface area contributed by atoms with Gasteiger partial charge in [0.15, 0.2) is 0 Å². The summed E-state index contributed by atoms with van der Waals surface area (Å²) >= 11 is 1.97. The summed E-state index contributed by atoms with van der Waals surface area (Å²) in [6.07, 6.45) is 5.14. The van der Waals surface area contributed by atoms with E-state index in [1.807, 2.05) is 11.8 Å². The van der Waals surface area contributed by atoms with E-state index in [1.165, 1.54) is 18.0 Å². The average molecular weight is 310 g/mol. The second kappa shape index (κ2) is 5.86. The summed E-state index contributed by atoms with van der Waals surface area (Å²) < 4.78 is 19.2. The maximum Gasteiger partial charge on any atom is 0.141 e. The highest BCUT2D eigenvalue weighted by Crippen LogP contribution is 2.46. The first-order valence-corrected chi connectivity index (χ1v) is 8.86. The molecule has 2 saturated heterocycles. The first-order valence-electron chi connectivity index (χ1n) is 7.71. The molecular formula is C16H23FN2OS. The Balaban J connectivity index is 1.86. The van der Waals surface area contributed by atoms with Crippen LogP contribution in [0.1, 0.15) is 38.3 Å². The second-order valence-corrected chi connectivity index (χ2v) is 7.38. The van der Waals surface area contributed by atoms with Crippen LogP contribution in [-0.4, -0.2) is 28.7 Å². The minimum absolute atomic E-state index is 0.00734. The molecule has 3 rings (SSSR count). The zero-order chi connectivity index (χ0) is 14.9. The highest BCUT2D eigenvalue weighted by atomic mass is 32.2. The number of halogens is 1. The summed E-state index contributed by atoms with van der Waals surface area (Å²) in [6.45, 7) is 2.86. The van der Waals surface area contributed by atoms with Crippen LogP contribution in [0.3, 0.4) is 0 Å². The molecule has 1 aromatic heterocycles. The maximum absolute atomic E-state index is 13.1. The molecule has 0 bridgehead atoms. The summed E-state index contributed by atoms with van der Waals surface area (Å²) in [5, 5.41) is 0. The number of nitrogens with two attached hydrogens (primary N) is 1. The molecule has 3 atom stereocenters. The molecule has 2 N–H and O–H groups in total. The lowest BCUT2D eigenvalue weighted by atomic mass is 9.71. The number of rotatable bonds is 3. The van der Waals surface area contributed by atoms with Gasteiger partial charge in [0.1, 0.15) is 5.82 Å². The van der Waals surface area contributed by atoms with E-state index in [-0.39, 0.29) is 11.4 Å². The fourth-order valence-electron chi connectivity index (χ4n) is 3.66. The van der Waals surface area contributed by atoms with Crippen LogP contribution in [0, 0.1) is 11.7 Å². The Morgan fingerprint density at radius 1 is 1.57 bits per heavy atom. The van der Waals surface area contributed by atoms with Crippen LogP contribution < -0.4 is 5.73 Å². The van der Waals surface area contributed by atoms with E-state index in [0.29, 0.717) is 5.92 Å². The summed E-state index contributed by atoms with van der Waals surface area (Å²) in [7, 11) is 0. The van der Waals surface area contributed by atoms with Gasteiger partial charge in [0, 0.05) is 12.4 Å². The monoisotopic (exact) mass is 310 g/mol. The Kier molecular flexibility index (Phi) is 4.26. The van der Waals surface area contributed by atoms with Crippen molar-refractivity contribution in [3.8, 4) is 0 Å². The van der Waals surface area contributed by atoms with Gasteiger partial charge in [0.2, 0.25) is 0 Å². The second-order valence-electron chi connectivity index (χ2n) is 6.28. The van der Waals surface area contributed by atoms with E-state index in [0.717, 1.165) is 43.7 Å². The van der Waals surface area contributed by atoms with Crippen LogP contribution in [0.15, 0.2) is 18.3 Å². The molecule has 2 aliphatic heterocycles. The van der Waals surface area contributed by atoms with E-state index < -0.39 is 5.54 Å². The Bertz CT molecular complexity index is 490. The number of ether oxygens (including phenoxy) is 1. The van der Waals surface area contributed by atoms with Crippen LogP contribution >= 0.6 is 11.8 Å². The van der Waals surface area contributed by atoms with Crippen molar-refractivity contribution in [1.82, 2.24) is 4.98 Å². The van der Waals surface area contributed by atoms with Crippen molar-refractivity contribution in [1.29, 1.82) is 0 Å². The highest BCUT2D eigenvalue weighted by molar-refractivity contribution is 7.99. The molecule has 116 valence electrons. The van der Waals surface area contributed by atoms with Crippen LogP contribution in [-0.2, 0) is 10.3 Å². The summed E-state index contributed by atoms with van der Waals surface area (Å²) in [6, 6.07) is 3.20. The van der Waals surface area contributed by atoms with Crippen molar-refractivity contribution in [2.24, 2.45) is 11.7 Å². The van der Waals surface area contributed by atoms with Gasteiger partial charge in [-0.05, 0) is 49.5 Å². The normalized spacial score (nSPS) is 32.2. The lowest BCUT2D eigenvalue weighted by Gasteiger charge is -2.45. The average Bonchev–Trinajstić information content (AvgIpc) is 2.95. The van der Waals surface area contributed by atoms with Gasteiger partial charge in [0.25, 0.3) is 0 Å². The van der Waals surface area contributed by atoms with Crippen LogP contribution in [0.25, 0.3) is 0 Å². The van der Waals surface area contributed by atoms with Crippen molar-refractivity contribution < 1.29 is 9.13 Å². The standard InChI is InChI=1S/C16H23FN2OS/c1-2-16(18,14-4-3-13(17)10-19-14)12-5-7-20-15(9-12)6-8-21-11-15/h3-4,10,12H,2,5-9,11,18H2,1H3. The summed E-state index contributed by atoms with van der Waals surface area (Å²) in [5.74, 6) is 2.27. The number of hydrogen-bond acceptors (Lipinski definition) is 4. The molecule has 0 aliphatic carbocycles. The van der Waals surface area contributed by atoms with Gasteiger partial charge in [-0.25, -0.2) is 4.39 Å². The number of aromatic nitrogens is 1. The van der Waals surface area contributed by atoms with Crippen molar-refractivity contribution in [3.05, 3.63) is 29.8 Å². The molecule has 5 heteroatoms. The van der Waals surface area contributed by atoms with Crippen LogP contribution in [0.4, 0.5) is 4.39 Å². The minimum atomic E-state index is -0.488.